The molecule has 0 spiro atoms. The molecule has 3 rings (SSSR count). The Morgan fingerprint density at radius 3 is 2.64 bits per heavy atom. The second-order valence-electron chi connectivity index (χ2n) is 5.54. The van der Waals surface area contributed by atoms with Crippen LogP contribution in [-0.4, -0.2) is 32.4 Å². The molecule has 0 aliphatic heterocycles. The summed E-state index contributed by atoms with van der Waals surface area (Å²) >= 11 is 0. The van der Waals surface area contributed by atoms with Gasteiger partial charge in [-0.2, -0.15) is 17.7 Å². The van der Waals surface area contributed by atoms with Crippen molar-refractivity contribution in [1.82, 2.24) is 19.8 Å². The van der Waals surface area contributed by atoms with E-state index in [9.17, 15) is 13.2 Å². The minimum absolute atomic E-state index is 0.0123. The predicted molar refractivity (Wildman–Crippen MR) is 74.2 cm³/mol. The van der Waals surface area contributed by atoms with Crippen LogP contribution in [0, 0.1) is 5.92 Å². The van der Waals surface area contributed by atoms with E-state index in [0.717, 1.165) is 12.8 Å². The molecule has 6 nitrogen and oxygen atoms in total. The highest BCUT2D eigenvalue weighted by atomic mass is 19.4. The average molecular weight is 314 g/mol. The molecule has 22 heavy (non-hydrogen) atoms. The molecule has 0 radical (unpaired) electrons. The van der Waals surface area contributed by atoms with Crippen LogP contribution in [0.25, 0.3) is 5.65 Å². The third kappa shape index (κ3) is 2.85. The van der Waals surface area contributed by atoms with Gasteiger partial charge in [0.15, 0.2) is 5.65 Å². The Morgan fingerprint density at radius 1 is 1.27 bits per heavy atom. The van der Waals surface area contributed by atoms with Crippen LogP contribution in [0.1, 0.15) is 31.5 Å². The van der Waals surface area contributed by atoms with Crippen LogP contribution in [0.4, 0.5) is 19.0 Å². The molecule has 1 fully saturated rings. The lowest BCUT2D eigenvalue weighted by Crippen LogP contribution is -2.35. The van der Waals surface area contributed by atoms with E-state index in [-0.39, 0.29) is 11.7 Å². The molecular weight excluding hydrogens is 297 g/mol. The molecular formula is C13H17F3N6. The molecule has 1 aliphatic rings. The zero-order valence-corrected chi connectivity index (χ0v) is 11.8. The molecule has 0 saturated heterocycles. The van der Waals surface area contributed by atoms with Gasteiger partial charge in [-0.15, -0.1) is 15.3 Å². The van der Waals surface area contributed by atoms with E-state index in [0.29, 0.717) is 22.8 Å². The van der Waals surface area contributed by atoms with Crippen molar-refractivity contribution in [3.05, 3.63) is 18.0 Å². The Bertz CT molecular complexity index is 647. The number of hydrogen-bond acceptors (Lipinski definition) is 5. The maximum absolute atomic E-state index is 12.9. The number of aromatic nitrogens is 4. The zero-order chi connectivity index (χ0) is 15.7. The van der Waals surface area contributed by atoms with Crippen molar-refractivity contribution in [1.29, 1.82) is 0 Å². The Balaban J connectivity index is 1.87. The van der Waals surface area contributed by atoms with Gasteiger partial charge in [0.1, 0.15) is 5.82 Å². The molecule has 9 heteroatoms. The van der Waals surface area contributed by atoms with Crippen molar-refractivity contribution in [3.8, 4) is 0 Å². The minimum atomic E-state index is -4.59. The van der Waals surface area contributed by atoms with Gasteiger partial charge in [-0.3, -0.25) is 0 Å². The third-order valence-electron chi connectivity index (χ3n) is 4.07. The van der Waals surface area contributed by atoms with Crippen molar-refractivity contribution in [2.45, 2.75) is 37.9 Å². The summed E-state index contributed by atoms with van der Waals surface area (Å²) in [7, 11) is 0. The van der Waals surface area contributed by atoms with E-state index in [4.69, 9.17) is 5.73 Å². The summed E-state index contributed by atoms with van der Waals surface area (Å²) in [5, 5.41) is 13.8. The van der Waals surface area contributed by atoms with Crippen molar-refractivity contribution in [3.63, 3.8) is 0 Å². The maximum atomic E-state index is 12.9. The number of halogens is 3. The molecule has 0 bridgehead atoms. The molecule has 1 unspecified atom stereocenters. The number of nitrogens with one attached hydrogen (secondary N) is 1. The summed E-state index contributed by atoms with van der Waals surface area (Å²) in [4.78, 5) is 0. The molecule has 0 aromatic carbocycles. The molecule has 2 aromatic rings. The molecule has 0 amide bonds. The Labute approximate surface area is 124 Å². The first kappa shape index (κ1) is 15.0. The number of nitrogens with two attached hydrogens (primary N) is 1. The van der Waals surface area contributed by atoms with E-state index >= 15 is 0 Å². The van der Waals surface area contributed by atoms with Gasteiger partial charge in [0.05, 0.1) is 0 Å². The van der Waals surface area contributed by atoms with Crippen molar-refractivity contribution in [2.75, 3.05) is 11.9 Å². The quantitative estimate of drug-likeness (QED) is 0.903. The number of anilines is 1. The highest BCUT2D eigenvalue weighted by molar-refractivity contribution is 5.44. The highest BCUT2D eigenvalue weighted by Crippen LogP contribution is 2.30. The van der Waals surface area contributed by atoms with Crippen molar-refractivity contribution < 1.29 is 13.2 Å². The van der Waals surface area contributed by atoms with E-state index in [1.807, 2.05) is 0 Å². The maximum Gasteiger partial charge on any atom is 0.453 e. The highest BCUT2D eigenvalue weighted by Gasteiger charge is 2.37. The lowest BCUT2D eigenvalue weighted by atomic mass is 9.98. The van der Waals surface area contributed by atoms with Crippen LogP contribution in [0.15, 0.2) is 12.1 Å². The van der Waals surface area contributed by atoms with Crippen LogP contribution in [0.2, 0.25) is 0 Å². The van der Waals surface area contributed by atoms with Gasteiger partial charge in [0, 0.05) is 12.6 Å². The number of fused-ring (bicyclic) bond motifs is 1. The summed E-state index contributed by atoms with van der Waals surface area (Å²) in [6.07, 6.45) is -0.100. The van der Waals surface area contributed by atoms with Crippen molar-refractivity contribution >= 4 is 11.5 Å². The first-order valence-electron chi connectivity index (χ1n) is 7.25. The molecule has 2 heterocycles. The minimum Gasteiger partial charge on any atom is -0.364 e. The molecule has 1 atom stereocenters. The normalized spacial score (nSPS) is 18.0. The Hall–Kier alpha value is -1.90. The van der Waals surface area contributed by atoms with Crippen LogP contribution in [0.5, 0.6) is 0 Å². The van der Waals surface area contributed by atoms with Crippen molar-refractivity contribution in [2.24, 2.45) is 11.7 Å². The van der Waals surface area contributed by atoms with Gasteiger partial charge in [0.2, 0.25) is 0 Å². The van der Waals surface area contributed by atoms with Gasteiger partial charge < -0.3 is 11.1 Å². The molecule has 1 saturated carbocycles. The van der Waals surface area contributed by atoms with Gasteiger partial charge in [-0.25, -0.2) is 0 Å². The topological polar surface area (TPSA) is 81.1 Å². The summed E-state index contributed by atoms with van der Waals surface area (Å²) in [5.41, 5.74) is 5.85. The molecule has 1 aliphatic carbocycles. The fourth-order valence-electron chi connectivity index (χ4n) is 2.96. The largest absolute Gasteiger partial charge is 0.453 e. The van der Waals surface area contributed by atoms with Crippen LogP contribution in [-0.2, 0) is 6.18 Å². The summed E-state index contributed by atoms with van der Waals surface area (Å²) in [5.74, 6) is -0.345. The van der Waals surface area contributed by atoms with E-state index in [2.05, 4.69) is 20.6 Å². The fourth-order valence-corrected chi connectivity index (χ4v) is 2.96. The van der Waals surface area contributed by atoms with Crippen LogP contribution < -0.4 is 11.1 Å². The van der Waals surface area contributed by atoms with Crippen LogP contribution >= 0.6 is 0 Å². The molecule has 2 aromatic heterocycles. The van der Waals surface area contributed by atoms with Gasteiger partial charge in [0.25, 0.3) is 5.82 Å². The predicted octanol–water partition coefficient (Wildman–Crippen LogP) is 2.07. The lowest BCUT2D eigenvalue weighted by molar-refractivity contribution is -0.146. The fraction of sp³-hybridized carbons (Fsp3) is 0.615. The van der Waals surface area contributed by atoms with Gasteiger partial charge in [-0.05, 0) is 30.9 Å². The second kappa shape index (κ2) is 5.71. The Kier molecular flexibility index (Phi) is 3.90. The number of nitrogens with zero attached hydrogens (tertiary/aromatic N) is 4. The SMILES string of the molecule is NCC(Nc1ccc2nnc(C(F)(F)F)n2n1)C1CCCC1. The zero-order valence-electron chi connectivity index (χ0n) is 11.8. The first-order valence-corrected chi connectivity index (χ1v) is 7.25. The monoisotopic (exact) mass is 314 g/mol. The van der Waals surface area contributed by atoms with Crippen LogP contribution in [0.3, 0.4) is 0 Å². The van der Waals surface area contributed by atoms with E-state index in [1.165, 1.54) is 18.9 Å². The third-order valence-corrected chi connectivity index (χ3v) is 4.07. The number of rotatable bonds is 4. The standard InChI is InChI=1S/C13H17F3N6/c14-13(15,16)12-20-19-11-6-5-10(21-22(11)12)18-9(7-17)8-3-1-2-4-8/h5-6,8-9H,1-4,7,17H2,(H,18,21). The van der Waals surface area contributed by atoms with E-state index in [1.54, 1.807) is 6.07 Å². The van der Waals surface area contributed by atoms with E-state index < -0.39 is 12.0 Å². The Morgan fingerprint density at radius 2 is 2.00 bits per heavy atom. The number of alkyl halides is 3. The average Bonchev–Trinajstić information content (AvgIpc) is 3.12. The molecule has 120 valence electrons. The smallest absolute Gasteiger partial charge is 0.364 e. The summed E-state index contributed by atoms with van der Waals surface area (Å²) in [6.45, 7) is 0.415. The van der Waals surface area contributed by atoms with Gasteiger partial charge >= 0.3 is 6.18 Å². The summed E-state index contributed by atoms with van der Waals surface area (Å²) in [6, 6.07) is 3.07. The molecule has 3 N–H and O–H groups in total. The second-order valence-corrected chi connectivity index (χ2v) is 5.54. The number of hydrogen-bond donors (Lipinski definition) is 2. The lowest BCUT2D eigenvalue weighted by Gasteiger charge is -2.23. The summed E-state index contributed by atoms with van der Waals surface area (Å²) < 4.78 is 39.3. The first-order chi connectivity index (χ1) is 10.5. The van der Waals surface area contributed by atoms with Gasteiger partial charge in [-0.1, -0.05) is 12.8 Å².